The molecule has 150 valence electrons. The Balaban J connectivity index is 1.49. The van der Waals surface area contributed by atoms with Crippen molar-refractivity contribution in [2.45, 2.75) is 13.3 Å². The molecule has 1 aromatic heterocycles. The third-order valence-electron chi connectivity index (χ3n) is 5.42. The number of aromatic hydroxyl groups is 1. The van der Waals surface area contributed by atoms with Gasteiger partial charge in [-0.2, -0.15) is 0 Å². The summed E-state index contributed by atoms with van der Waals surface area (Å²) in [5, 5.41) is 10.3. The van der Waals surface area contributed by atoms with E-state index in [4.69, 9.17) is 4.42 Å². The molecule has 0 radical (unpaired) electrons. The van der Waals surface area contributed by atoms with Crippen LogP contribution in [-0.4, -0.2) is 42.1 Å². The van der Waals surface area contributed by atoms with E-state index in [0.717, 1.165) is 0 Å². The lowest BCUT2D eigenvalue weighted by Gasteiger charge is -2.36. The molecular weight excluding hydrogens is 375 g/mol. The Morgan fingerprint density at radius 1 is 1.14 bits per heavy atom. The first-order valence-electron chi connectivity index (χ1n) is 9.46. The Morgan fingerprint density at radius 3 is 2.59 bits per heavy atom. The molecule has 1 N–H and O–H groups in total. The highest BCUT2D eigenvalue weighted by molar-refractivity contribution is 5.85. The van der Waals surface area contributed by atoms with Gasteiger partial charge in [-0.15, -0.1) is 0 Å². The van der Waals surface area contributed by atoms with Gasteiger partial charge in [-0.3, -0.25) is 4.79 Å². The number of para-hydroxylation sites is 1. The molecule has 1 amide bonds. The van der Waals surface area contributed by atoms with Crippen LogP contribution in [0.15, 0.2) is 51.7 Å². The fourth-order valence-corrected chi connectivity index (χ4v) is 3.76. The summed E-state index contributed by atoms with van der Waals surface area (Å²) in [6.07, 6.45) is -0.0509. The van der Waals surface area contributed by atoms with Crippen LogP contribution in [0, 0.1) is 12.7 Å². The van der Waals surface area contributed by atoms with Gasteiger partial charge in [0.05, 0.1) is 17.7 Å². The third-order valence-corrected chi connectivity index (χ3v) is 5.42. The summed E-state index contributed by atoms with van der Waals surface area (Å²) < 4.78 is 19.3. The van der Waals surface area contributed by atoms with Crippen LogP contribution in [0.4, 0.5) is 10.1 Å². The van der Waals surface area contributed by atoms with Crippen molar-refractivity contribution in [3.8, 4) is 5.75 Å². The zero-order chi connectivity index (χ0) is 20.5. The van der Waals surface area contributed by atoms with E-state index in [1.807, 2.05) is 4.90 Å². The molecule has 3 aromatic rings. The predicted octanol–water partition coefficient (Wildman–Crippen LogP) is 2.84. The van der Waals surface area contributed by atoms with E-state index in [2.05, 4.69) is 0 Å². The summed E-state index contributed by atoms with van der Waals surface area (Å²) in [5.74, 6) is -0.425. The topological polar surface area (TPSA) is 74.0 Å². The minimum atomic E-state index is -0.570. The largest absolute Gasteiger partial charge is 0.508 e. The molecule has 0 bridgehead atoms. The van der Waals surface area contributed by atoms with Crippen LogP contribution in [0.25, 0.3) is 11.0 Å². The minimum Gasteiger partial charge on any atom is -0.508 e. The number of aryl methyl sites for hydroxylation is 1. The summed E-state index contributed by atoms with van der Waals surface area (Å²) >= 11 is 0. The lowest BCUT2D eigenvalue weighted by atomic mass is 10.0. The number of nitrogens with zero attached hydrogens (tertiary/aromatic N) is 2. The summed E-state index contributed by atoms with van der Waals surface area (Å²) in [5.41, 5.74) is 1.26. The Labute approximate surface area is 166 Å². The Kier molecular flexibility index (Phi) is 4.96. The quantitative estimate of drug-likeness (QED) is 0.689. The van der Waals surface area contributed by atoms with Crippen LogP contribution in [-0.2, 0) is 11.2 Å². The van der Waals surface area contributed by atoms with Gasteiger partial charge >= 0.3 is 5.63 Å². The molecule has 6 nitrogen and oxygen atoms in total. The number of phenols is 1. The number of fused-ring (bicyclic) bond motifs is 1. The lowest BCUT2D eigenvalue weighted by molar-refractivity contribution is -0.130. The van der Waals surface area contributed by atoms with Gasteiger partial charge in [0.25, 0.3) is 0 Å². The van der Waals surface area contributed by atoms with Crippen molar-refractivity contribution in [3.63, 3.8) is 0 Å². The van der Waals surface area contributed by atoms with Crippen molar-refractivity contribution in [2.75, 3.05) is 31.1 Å². The zero-order valence-corrected chi connectivity index (χ0v) is 16.0. The number of halogens is 1. The highest BCUT2D eigenvalue weighted by atomic mass is 19.1. The van der Waals surface area contributed by atoms with Crippen molar-refractivity contribution in [1.82, 2.24) is 4.90 Å². The van der Waals surface area contributed by atoms with Crippen molar-refractivity contribution in [3.05, 3.63) is 69.8 Å². The van der Waals surface area contributed by atoms with E-state index in [0.29, 0.717) is 54.0 Å². The first-order valence-corrected chi connectivity index (χ1v) is 9.46. The van der Waals surface area contributed by atoms with Crippen LogP contribution in [0.5, 0.6) is 5.75 Å². The predicted molar refractivity (Wildman–Crippen MR) is 108 cm³/mol. The zero-order valence-electron chi connectivity index (χ0n) is 16.0. The number of carbonyl (C=O) groups is 1. The summed E-state index contributed by atoms with van der Waals surface area (Å²) in [7, 11) is 0. The SMILES string of the molecule is Cc1c(CC(=O)N2CCN(c3ccccc3F)CC2)c(=O)oc2cc(O)ccc12. The van der Waals surface area contributed by atoms with Crippen molar-refractivity contribution >= 4 is 22.6 Å². The van der Waals surface area contributed by atoms with Gasteiger partial charge in [0.15, 0.2) is 0 Å². The standard InChI is InChI=1S/C22H21FN2O4/c1-14-16-7-6-15(26)12-20(16)29-22(28)17(14)13-21(27)25-10-8-24(9-11-25)19-5-3-2-4-18(19)23/h2-7,12,26H,8-11,13H2,1H3. The van der Waals surface area contributed by atoms with Crippen molar-refractivity contribution in [1.29, 1.82) is 0 Å². The number of hydrogen-bond acceptors (Lipinski definition) is 5. The van der Waals surface area contributed by atoms with Crippen LogP contribution in [0.3, 0.4) is 0 Å². The minimum absolute atomic E-state index is 0.0107. The number of benzene rings is 2. The Hall–Kier alpha value is -3.35. The number of anilines is 1. The third kappa shape index (κ3) is 3.68. The first kappa shape index (κ1) is 19.0. The highest BCUT2D eigenvalue weighted by Gasteiger charge is 2.24. The van der Waals surface area contributed by atoms with Gasteiger partial charge in [0.2, 0.25) is 5.91 Å². The molecule has 4 rings (SSSR count). The molecule has 1 fully saturated rings. The molecule has 7 heteroatoms. The number of rotatable bonds is 3. The Bertz CT molecular complexity index is 1130. The van der Waals surface area contributed by atoms with E-state index in [-0.39, 0.29) is 23.9 Å². The summed E-state index contributed by atoms with van der Waals surface area (Å²) in [4.78, 5) is 28.8. The monoisotopic (exact) mass is 396 g/mol. The van der Waals surface area contributed by atoms with Crippen molar-refractivity contribution < 1.29 is 18.7 Å². The van der Waals surface area contributed by atoms with E-state index >= 15 is 0 Å². The smallest absolute Gasteiger partial charge is 0.340 e. The highest BCUT2D eigenvalue weighted by Crippen LogP contribution is 2.24. The number of amides is 1. The van der Waals surface area contributed by atoms with E-state index in [9.17, 15) is 19.1 Å². The number of carbonyl (C=O) groups excluding carboxylic acids is 1. The molecule has 0 saturated carbocycles. The van der Waals surface area contributed by atoms with Gasteiger partial charge in [-0.05, 0) is 36.8 Å². The molecular formula is C22H21FN2O4. The second-order valence-electron chi connectivity index (χ2n) is 7.17. The average molecular weight is 396 g/mol. The Morgan fingerprint density at radius 2 is 1.86 bits per heavy atom. The summed E-state index contributed by atoms with van der Waals surface area (Å²) in [6.45, 7) is 3.74. The van der Waals surface area contributed by atoms with Crippen molar-refractivity contribution in [2.24, 2.45) is 0 Å². The van der Waals surface area contributed by atoms with Gasteiger partial charge in [0.1, 0.15) is 17.1 Å². The lowest BCUT2D eigenvalue weighted by Crippen LogP contribution is -2.49. The molecule has 0 spiro atoms. The number of piperazine rings is 1. The molecule has 0 aliphatic carbocycles. The maximum Gasteiger partial charge on any atom is 0.340 e. The molecule has 1 aliphatic heterocycles. The van der Waals surface area contributed by atoms with E-state index < -0.39 is 5.63 Å². The normalized spacial score (nSPS) is 14.4. The molecule has 1 saturated heterocycles. The van der Waals surface area contributed by atoms with E-state index in [1.165, 1.54) is 18.2 Å². The first-order chi connectivity index (χ1) is 13.9. The van der Waals surface area contributed by atoms with Gasteiger partial charge < -0.3 is 19.3 Å². The molecule has 0 unspecified atom stereocenters. The second-order valence-corrected chi connectivity index (χ2v) is 7.17. The van der Waals surface area contributed by atoms with Crippen LogP contribution < -0.4 is 10.5 Å². The average Bonchev–Trinajstić information content (AvgIpc) is 2.71. The van der Waals surface area contributed by atoms with Gasteiger partial charge in [-0.1, -0.05) is 12.1 Å². The summed E-state index contributed by atoms with van der Waals surface area (Å²) in [6, 6.07) is 11.2. The van der Waals surface area contributed by atoms with Crippen LogP contribution in [0.1, 0.15) is 11.1 Å². The fourth-order valence-electron chi connectivity index (χ4n) is 3.76. The maximum absolute atomic E-state index is 14.0. The van der Waals surface area contributed by atoms with Gasteiger partial charge in [0, 0.05) is 37.6 Å². The second kappa shape index (κ2) is 7.58. The molecule has 2 aromatic carbocycles. The van der Waals surface area contributed by atoms with Crippen LogP contribution >= 0.6 is 0 Å². The van der Waals surface area contributed by atoms with Gasteiger partial charge in [-0.25, -0.2) is 9.18 Å². The van der Waals surface area contributed by atoms with E-state index in [1.54, 1.807) is 36.1 Å². The maximum atomic E-state index is 14.0. The molecule has 1 aliphatic rings. The molecule has 29 heavy (non-hydrogen) atoms. The molecule has 0 atom stereocenters. The molecule has 2 heterocycles. The number of phenolic OH excluding ortho intramolecular Hbond substituents is 1. The number of hydrogen-bond donors (Lipinski definition) is 1. The fraction of sp³-hybridized carbons (Fsp3) is 0.273. The van der Waals surface area contributed by atoms with Crippen LogP contribution in [0.2, 0.25) is 0 Å².